The van der Waals surface area contributed by atoms with Crippen molar-refractivity contribution in [3.8, 4) is 0 Å². The number of rotatable bonds is 0. The van der Waals surface area contributed by atoms with E-state index in [-0.39, 0.29) is 0 Å². The molecule has 2 nitrogen and oxygen atoms in total. The van der Waals surface area contributed by atoms with Gasteiger partial charge in [0.15, 0.2) is 0 Å². The molecular formula is C24H13NOS. The van der Waals surface area contributed by atoms with Crippen LogP contribution in [0.25, 0.3) is 63.9 Å². The van der Waals surface area contributed by atoms with Crippen molar-refractivity contribution in [3.63, 3.8) is 0 Å². The second-order valence-electron chi connectivity index (χ2n) is 7.08. The Hall–Kier alpha value is -3.30. The van der Waals surface area contributed by atoms with Crippen LogP contribution < -0.4 is 0 Å². The third kappa shape index (κ3) is 1.70. The predicted octanol–water partition coefficient (Wildman–Crippen LogP) is 7.59. The molecule has 7 rings (SSSR count). The zero-order valence-electron chi connectivity index (χ0n) is 14.2. The molecule has 0 aliphatic rings. The molecule has 0 bridgehead atoms. The number of hydrogen-bond acceptors (Lipinski definition) is 2. The number of hydrogen-bond donors (Lipinski definition) is 1. The van der Waals surface area contributed by atoms with Gasteiger partial charge in [0.1, 0.15) is 11.2 Å². The fourth-order valence-electron chi connectivity index (χ4n) is 4.40. The second-order valence-corrected chi connectivity index (χ2v) is 8.16. The van der Waals surface area contributed by atoms with Crippen molar-refractivity contribution in [2.24, 2.45) is 0 Å². The van der Waals surface area contributed by atoms with Gasteiger partial charge in [-0.1, -0.05) is 36.4 Å². The van der Waals surface area contributed by atoms with Crippen LogP contribution in [-0.4, -0.2) is 4.98 Å². The van der Waals surface area contributed by atoms with E-state index in [0.29, 0.717) is 0 Å². The largest absolute Gasteiger partial charge is 0.456 e. The summed E-state index contributed by atoms with van der Waals surface area (Å²) in [4.78, 5) is 3.62. The van der Waals surface area contributed by atoms with Crippen LogP contribution in [0.2, 0.25) is 0 Å². The van der Waals surface area contributed by atoms with E-state index < -0.39 is 0 Å². The maximum atomic E-state index is 6.27. The molecule has 27 heavy (non-hydrogen) atoms. The zero-order chi connectivity index (χ0) is 17.5. The lowest BCUT2D eigenvalue weighted by atomic mass is 10.1. The molecule has 3 aromatic heterocycles. The van der Waals surface area contributed by atoms with E-state index in [4.69, 9.17) is 4.42 Å². The summed E-state index contributed by atoms with van der Waals surface area (Å²) < 4.78 is 8.89. The van der Waals surface area contributed by atoms with E-state index in [2.05, 4.69) is 77.8 Å². The molecule has 4 aromatic carbocycles. The number of aromatic nitrogens is 1. The van der Waals surface area contributed by atoms with Crippen LogP contribution in [0.5, 0.6) is 0 Å². The monoisotopic (exact) mass is 363 g/mol. The number of furan rings is 1. The summed E-state index contributed by atoms with van der Waals surface area (Å²) in [5.74, 6) is 0. The van der Waals surface area contributed by atoms with Gasteiger partial charge in [0, 0.05) is 41.8 Å². The zero-order valence-corrected chi connectivity index (χ0v) is 15.1. The van der Waals surface area contributed by atoms with Gasteiger partial charge in [0.25, 0.3) is 0 Å². The fourth-order valence-corrected chi connectivity index (χ4v) is 5.53. The van der Waals surface area contributed by atoms with E-state index in [0.717, 1.165) is 22.2 Å². The number of H-pyrrole nitrogens is 1. The number of fused-ring (bicyclic) bond motifs is 10. The van der Waals surface area contributed by atoms with Gasteiger partial charge in [-0.15, -0.1) is 11.3 Å². The highest BCUT2D eigenvalue weighted by atomic mass is 32.1. The average molecular weight is 363 g/mol. The summed E-state index contributed by atoms with van der Waals surface area (Å²) >= 11 is 1.85. The smallest absolute Gasteiger partial charge is 0.137 e. The van der Waals surface area contributed by atoms with Crippen LogP contribution in [0, 0.1) is 0 Å². The normalized spacial score (nSPS) is 12.4. The SMILES string of the molecule is c1ccc2c(c1)[nH]c1c2ccc2oc3cc4c(cc3c21)sc1ccccc14. The first-order valence-corrected chi connectivity index (χ1v) is 9.85. The van der Waals surface area contributed by atoms with Crippen molar-refractivity contribution in [2.75, 3.05) is 0 Å². The van der Waals surface area contributed by atoms with Crippen molar-refractivity contribution >= 4 is 75.3 Å². The fraction of sp³-hybridized carbons (Fsp3) is 0. The summed E-state index contributed by atoms with van der Waals surface area (Å²) in [6, 6.07) is 25.8. The molecule has 0 atom stereocenters. The number of para-hydroxylation sites is 1. The minimum Gasteiger partial charge on any atom is -0.456 e. The number of nitrogens with one attached hydrogen (secondary N) is 1. The van der Waals surface area contributed by atoms with Gasteiger partial charge >= 0.3 is 0 Å². The highest BCUT2D eigenvalue weighted by Gasteiger charge is 2.16. The molecule has 3 heterocycles. The molecule has 0 fully saturated rings. The topological polar surface area (TPSA) is 28.9 Å². The maximum Gasteiger partial charge on any atom is 0.137 e. The highest BCUT2D eigenvalue weighted by molar-refractivity contribution is 7.25. The Morgan fingerprint density at radius 2 is 1.48 bits per heavy atom. The Bertz CT molecular complexity index is 1680. The number of thiophene rings is 1. The first kappa shape index (κ1) is 13.8. The molecule has 0 aliphatic carbocycles. The molecule has 126 valence electrons. The van der Waals surface area contributed by atoms with Crippen molar-refractivity contribution in [2.45, 2.75) is 0 Å². The number of benzene rings is 4. The van der Waals surface area contributed by atoms with E-state index in [1.165, 1.54) is 41.7 Å². The van der Waals surface area contributed by atoms with Gasteiger partial charge in [-0.3, -0.25) is 0 Å². The second kappa shape index (κ2) is 4.70. The van der Waals surface area contributed by atoms with Crippen molar-refractivity contribution < 1.29 is 4.42 Å². The summed E-state index contributed by atoms with van der Waals surface area (Å²) in [6.07, 6.45) is 0. The van der Waals surface area contributed by atoms with Crippen molar-refractivity contribution in [3.05, 3.63) is 72.8 Å². The maximum absolute atomic E-state index is 6.27. The summed E-state index contributed by atoms with van der Waals surface area (Å²) in [6.45, 7) is 0. The van der Waals surface area contributed by atoms with Gasteiger partial charge in [0.2, 0.25) is 0 Å². The van der Waals surface area contributed by atoms with Crippen LogP contribution in [-0.2, 0) is 0 Å². The molecule has 0 saturated carbocycles. The third-order valence-corrected chi connectivity index (χ3v) is 6.75. The molecule has 0 unspecified atom stereocenters. The van der Waals surface area contributed by atoms with Gasteiger partial charge in [-0.25, -0.2) is 0 Å². The first-order chi connectivity index (χ1) is 13.4. The van der Waals surface area contributed by atoms with Crippen LogP contribution in [0.3, 0.4) is 0 Å². The Morgan fingerprint density at radius 1 is 0.630 bits per heavy atom. The molecule has 3 heteroatoms. The lowest BCUT2D eigenvalue weighted by molar-refractivity contribution is 0.670. The summed E-state index contributed by atoms with van der Waals surface area (Å²) in [7, 11) is 0. The van der Waals surface area contributed by atoms with Crippen LogP contribution in [0.15, 0.2) is 77.2 Å². The van der Waals surface area contributed by atoms with E-state index in [1.54, 1.807) is 0 Å². The van der Waals surface area contributed by atoms with E-state index >= 15 is 0 Å². The van der Waals surface area contributed by atoms with Crippen LogP contribution in [0.1, 0.15) is 0 Å². The molecule has 0 spiro atoms. The Kier molecular flexibility index (Phi) is 2.41. The minimum absolute atomic E-state index is 0.936. The molecule has 0 radical (unpaired) electrons. The molecular weight excluding hydrogens is 350 g/mol. The van der Waals surface area contributed by atoms with Crippen molar-refractivity contribution in [1.29, 1.82) is 0 Å². The van der Waals surface area contributed by atoms with Gasteiger partial charge in [-0.2, -0.15) is 0 Å². The quantitative estimate of drug-likeness (QED) is 0.295. The van der Waals surface area contributed by atoms with Crippen molar-refractivity contribution in [1.82, 2.24) is 4.98 Å². The van der Waals surface area contributed by atoms with Crippen LogP contribution in [0.4, 0.5) is 0 Å². The standard InChI is InChI=1S/C24H13NOS/c1-3-7-18-13(5-1)15-9-10-19-23(24(15)25-18)17-12-22-16(11-20(17)26-19)14-6-2-4-8-21(14)27-22/h1-12,25H. The lowest BCUT2D eigenvalue weighted by Gasteiger charge is -1.94. The highest BCUT2D eigenvalue weighted by Crippen LogP contribution is 2.42. The molecule has 0 aliphatic heterocycles. The van der Waals surface area contributed by atoms with E-state index in [9.17, 15) is 0 Å². The number of aromatic amines is 1. The third-order valence-electron chi connectivity index (χ3n) is 5.61. The minimum atomic E-state index is 0.936. The Balaban J connectivity index is 1.72. The molecule has 0 saturated heterocycles. The molecule has 7 aromatic rings. The van der Waals surface area contributed by atoms with E-state index in [1.807, 2.05) is 11.3 Å². The Morgan fingerprint density at radius 3 is 2.44 bits per heavy atom. The Labute approximate surface area is 157 Å². The summed E-state index contributed by atoms with van der Waals surface area (Å²) in [5, 5.41) is 7.44. The first-order valence-electron chi connectivity index (χ1n) is 9.04. The predicted molar refractivity (Wildman–Crippen MR) is 116 cm³/mol. The van der Waals surface area contributed by atoms with Gasteiger partial charge < -0.3 is 9.40 Å². The molecule has 1 N–H and O–H groups in total. The van der Waals surface area contributed by atoms with Gasteiger partial charge in [-0.05, 0) is 36.4 Å². The van der Waals surface area contributed by atoms with Crippen LogP contribution >= 0.6 is 11.3 Å². The summed E-state index contributed by atoms with van der Waals surface area (Å²) in [5.41, 5.74) is 4.21. The molecule has 0 amide bonds. The average Bonchev–Trinajstić information content (AvgIpc) is 3.36. The van der Waals surface area contributed by atoms with Gasteiger partial charge in [0.05, 0.1) is 10.9 Å². The lowest BCUT2D eigenvalue weighted by Crippen LogP contribution is -1.72.